The third kappa shape index (κ3) is 5.98. The van der Waals surface area contributed by atoms with Crippen molar-refractivity contribution in [2.24, 2.45) is 5.41 Å². The van der Waals surface area contributed by atoms with Crippen molar-refractivity contribution in [2.45, 2.75) is 64.2 Å². The lowest BCUT2D eigenvalue weighted by Gasteiger charge is -2.37. The molecule has 2 aromatic carbocycles. The molecule has 2 aliphatic heterocycles. The van der Waals surface area contributed by atoms with E-state index in [2.05, 4.69) is 5.32 Å². The molecular weight excluding hydrogens is 599 g/mol. The minimum Gasteiger partial charge on any atom is -0.339 e. The number of hydrogen-bond acceptors (Lipinski definition) is 5. The molecule has 1 aromatic heterocycles. The van der Waals surface area contributed by atoms with Gasteiger partial charge in [0.1, 0.15) is 12.1 Å². The zero-order valence-electron chi connectivity index (χ0n) is 24.0. The summed E-state index contributed by atoms with van der Waals surface area (Å²) < 4.78 is 40.3. The molecule has 0 bridgehead atoms. The van der Waals surface area contributed by atoms with Crippen molar-refractivity contribution in [3.8, 4) is 0 Å². The average Bonchev–Trinajstić information content (AvgIpc) is 3.61. The molecule has 5 rings (SSSR count). The van der Waals surface area contributed by atoms with Crippen molar-refractivity contribution in [1.82, 2.24) is 10.2 Å². The van der Waals surface area contributed by atoms with Gasteiger partial charge in [0.2, 0.25) is 11.8 Å². The topological polar surface area (TPSA) is 127 Å². The zero-order valence-corrected chi connectivity index (χ0v) is 25.8. The molecule has 1 saturated heterocycles. The Labute approximate surface area is 252 Å². The minimum absolute atomic E-state index is 0.135. The molecule has 1 unspecified atom stereocenters. The number of benzene rings is 2. The first kappa shape index (κ1) is 31.3. The summed E-state index contributed by atoms with van der Waals surface area (Å²) in [6.45, 7) is 6.38. The molecule has 230 valence electrons. The quantitative estimate of drug-likeness (QED) is 0.319. The van der Waals surface area contributed by atoms with E-state index in [1.807, 2.05) is 45.0 Å². The summed E-state index contributed by atoms with van der Waals surface area (Å²) in [5, 5.41) is 3.03. The lowest BCUT2D eigenvalue weighted by Crippen LogP contribution is -2.58. The molecular formula is C30H34F2N3O6PS. The first-order valence-corrected chi connectivity index (χ1v) is 16.5. The van der Waals surface area contributed by atoms with Gasteiger partial charge in [-0.05, 0) is 66.3 Å². The number of thiophene rings is 1. The molecule has 0 aliphatic carbocycles. The van der Waals surface area contributed by atoms with Crippen LogP contribution in [0.15, 0.2) is 48.5 Å². The van der Waals surface area contributed by atoms with E-state index in [1.165, 1.54) is 12.1 Å². The lowest BCUT2D eigenvalue weighted by atomic mass is 9.85. The summed E-state index contributed by atoms with van der Waals surface area (Å²) in [4.78, 5) is 62.9. The molecule has 0 spiro atoms. The van der Waals surface area contributed by atoms with Crippen molar-refractivity contribution in [1.29, 1.82) is 0 Å². The van der Waals surface area contributed by atoms with Crippen LogP contribution in [0.3, 0.4) is 0 Å². The predicted octanol–water partition coefficient (Wildman–Crippen LogP) is 5.24. The number of alkyl halides is 2. The van der Waals surface area contributed by atoms with E-state index >= 15 is 0 Å². The summed E-state index contributed by atoms with van der Waals surface area (Å²) >= 11 is 1.01. The fourth-order valence-corrected chi connectivity index (χ4v) is 7.18. The SMILES string of the molecule is CC(C)(C)C(NC(=O)c1cc2cc(C(F)(F)P(=O)(O)O)ccc2s1)C(=O)N1CCC[C@H]1C(=O)N1CCCc2ccccc21. The Balaban J connectivity index is 1.37. The molecule has 2 aliphatic rings. The van der Waals surface area contributed by atoms with Gasteiger partial charge in [0.15, 0.2) is 0 Å². The molecule has 3 aromatic rings. The van der Waals surface area contributed by atoms with Crippen LogP contribution in [0.1, 0.15) is 60.8 Å². The highest BCUT2D eigenvalue weighted by Gasteiger charge is 2.50. The van der Waals surface area contributed by atoms with Gasteiger partial charge in [-0.2, -0.15) is 8.78 Å². The normalized spacial score (nSPS) is 18.4. The van der Waals surface area contributed by atoms with Crippen molar-refractivity contribution < 1.29 is 37.5 Å². The number of hydrogen-bond donors (Lipinski definition) is 3. The smallest absolute Gasteiger partial charge is 0.339 e. The standard InChI is InChI=1S/C30H34F2N3O6PS/c1-29(2,3)25(33-26(36)24-17-19-16-20(12-13-23(19)43-24)30(31,32)42(39,40)41)28(38)35-15-7-11-22(35)27(37)34-14-6-9-18-8-4-5-10-21(18)34/h4-5,8,10,12-13,16-17,22,25H,6-7,9,11,14-15H2,1-3H3,(H,33,36)(H2,39,40,41)/t22-,25?/m0/s1. The van der Waals surface area contributed by atoms with Gasteiger partial charge in [0, 0.05) is 29.0 Å². The monoisotopic (exact) mass is 633 g/mol. The van der Waals surface area contributed by atoms with E-state index < -0.39 is 42.2 Å². The van der Waals surface area contributed by atoms with Crippen LogP contribution in [-0.4, -0.2) is 57.6 Å². The van der Waals surface area contributed by atoms with Gasteiger partial charge in [0.25, 0.3) is 5.91 Å². The molecule has 9 nitrogen and oxygen atoms in total. The zero-order chi connectivity index (χ0) is 31.3. The summed E-state index contributed by atoms with van der Waals surface area (Å²) in [5.74, 6) is -1.10. The Morgan fingerprint density at radius 1 is 1.05 bits per heavy atom. The van der Waals surface area contributed by atoms with Crippen molar-refractivity contribution >= 4 is 52.4 Å². The van der Waals surface area contributed by atoms with Gasteiger partial charge in [-0.3, -0.25) is 18.9 Å². The van der Waals surface area contributed by atoms with Crippen LogP contribution in [0, 0.1) is 5.41 Å². The van der Waals surface area contributed by atoms with E-state index in [4.69, 9.17) is 9.79 Å². The number of halogens is 2. The van der Waals surface area contributed by atoms with Gasteiger partial charge in [-0.1, -0.05) is 45.0 Å². The van der Waals surface area contributed by atoms with E-state index in [-0.39, 0.29) is 22.1 Å². The van der Waals surface area contributed by atoms with Crippen molar-refractivity contribution in [3.63, 3.8) is 0 Å². The first-order chi connectivity index (χ1) is 20.1. The molecule has 2 atom stereocenters. The van der Waals surface area contributed by atoms with Gasteiger partial charge >= 0.3 is 13.3 Å². The highest BCUT2D eigenvalue weighted by Crippen LogP contribution is 2.59. The summed E-state index contributed by atoms with van der Waals surface area (Å²) in [7, 11) is -5.76. The number of para-hydroxylation sites is 1. The molecule has 13 heteroatoms. The average molecular weight is 634 g/mol. The second-order valence-electron chi connectivity index (χ2n) is 12.1. The highest BCUT2D eigenvalue weighted by atomic mass is 32.1. The Kier molecular flexibility index (Phi) is 8.28. The second kappa shape index (κ2) is 11.4. The Hall–Kier alpha value is -3.18. The molecule has 3 heterocycles. The third-order valence-corrected chi connectivity index (χ3v) is 10.1. The fourth-order valence-electron chi connectivity index (χ4n) is 5.76. The maximum atomic E-state index is 14.3. The van der Waals surface area contributed by atoms with Crippen molar-refractivity contribution in [3.05, 3.63) is 64.5 Å². The summed E-state index contributed by atoms with van der Waals surface area (Å²) in [6.07, 6.45) is 2.89. The number of amides is 3. The number of nitrogens with zero attached hydrogens (tertiary/aromatic N) is 2. The van der Waals surface area contributed by atoms with Gasteiger partial charge in [-0.15, -0.1) is 11.3 Å². The number of fused-ring (bicyclic) bond motifs is 2. The third-order valence-electron chi connectivity index (χ3n) is 8.04. The Morgan fingerprint density at radius 2 is 1.77 bits per heavy atom. The van der Waals surface area contributed by atoms with E-state index in [0.29, 0.717) is 30.6 Å². The number of carbonyl (C=O) groups is 3. The number of nitrogens with one attached hydrogen (secondary N) is 1. The van der Waals surface area contributed by atoms with Crippen LogP contribution in [0.4, 0.5) is 14.5 Å². The number of anilines is 1. The number of likely N-dealkylation sites (tertiary alicyclic amines) is 1. The molecule has 43 heavy (non-hydrogen) atoms. The van der Waals surface area contributed by atoms with Crippen LogP contribution in [0.5, 0.6) is 0 Å². The first-order valence-electron chi connectivity index (χ1n) is 14.1. The second-order valence-corrected chi connectivity index (χ2v) is 14.9. The number of carbonyl (C=O) groups excluding carboxylic acids is 3. The van der Waals surface area contributed by atoms with Crippen LogP contribution >= 0.6 is 18.9 Å². The predicted molar refractivity (Wildman–Crippen MR) is 160 cm³/mol. The molecule has 0 saturated carbocycles. The largest absolute Gasteiger partial charge is 0.399 e. The van der Waals surface area contributed by atoms with E-state index in [9.17, 15) is 27.7 Å². The summed E-state index contributed by atoms with van der Waals surface area (Å²) in [6, 6.07) is 10.6. The van der Waals surface area contributed by atoms with E-state index in [0.717, 1.165) is 47.6 Å². The molecule has 3 N–H and O–H groups in total. The maximum Gasteiger partial charge on any atom is 0.399 e. The maximum absolute atomic E-state index is 14.3. The molecule has 0 radical (unpaired) electrons. The van der Waals surface area contributed by atoms with E-state index in [1.54, 1.807) is 9.80 Å². The van der Waals surface area contributed by atoms with Gasteiger partial charge in [0.05, 0.1) is 4.88 Å². The van der Waals surface area contributed by atoms with Crippen LogP contribution in [-0.2, 0) is 26.2 Å². The van der Waals surface area contributed by atoms with Gasteiger partial charge in [-0.25, -0.2) is 0 Å². The molecule has 3 amide bonds. The Morgan fingerprint density at radius 3 is 2.47 bits per heavy atom. The van der Waals surface area contributed by atoms with Crippen LogP contribution in [0.25, 0.3) is 10.1 Å². The Bertz CT molecular complexity index is 1630. The molecule has 1 fully saturated rings. The van der Waals surface area contributed by atoms with Crippen LogP contribution < -0.4 is 10.2 Å². The number of aryl methyl sites for hydroxylation is 1. The van der Waals surface area contributed by atoms with Gasteiger partial charge < -0.3 is 24.9 Å². The minimum atomic E-state index is -5.76. The lowest BCUT2D eigenvalue weighted by molar-refractivity contribution is -0.141. The highest BCUT2D eigenvalue weighted by molar-refractivity contribution is 7.52. The van der Waals surface area contributed by atoms with Crippen molar-refractivity contribution in [2.75, 3.05) is 18.0 Å². The van der Waals surface area contributed by atoms with Crippen LogP contribution in [0.2, 0.25) is 0 Å². The fraction of sp³-hybridized carbons (Fsp3) is 0.433. The summed E-state index contributed by atoms with van der Waals surface area (Å²) in [5.41, 5.74) is -4.00. The number of rotatable bonds is 6.